The smallest absolute Gasteiger partial charge is 0.343 e. The Morgan fingerprint density at radius 3 is 2.48 bits per heavy atom. The fraction of sp³-hybridized carbons (Fsp3) is 0.533. The zero-order valence-electron chi connectivity index (χ0n) is 13.4. The molecule has 1 aromatic carbocycles. The summed E-state index contributed by atoms with van der Waals surface area (Å²) in [6.45, 7) is -0.318. The molecule has 1 aliphatic heterocycles. The average molecular weight is 379 g/mol. The normalized spacial score (nSPS) is 17.4. The van der Waals surface area contributed by atoms with Gasteiger partial charge in [0.05, 0.1) is 4.90 Å². The van der Waals surface area contributed by atoms with Crippen LogP contribution in [0.1, 0.15) is 23.2 Å². The molecule has 0 saturated carbocycles. The fourth-order valence-electron chi connectivity index (χ4n) is 2.61. The fourth-order valence-corrected chi connectivity index (χ4v) is 4.13. The van der Waals surface area contributed by atoms with E-state index in [1.165, 1.54) is 22.5 Å². The first-order valence-electron chi connectivity index (χ1n) is 7.79. The number of hydrogen-bond acceptors (Lipinski definition) is 4. The molecule has 0 aliphatic carbocycles. The third-order valence-corrected chi connectivity index (χ3v) is 5.98. The lowest BCUT2D eigenvalue weighted by atomic mass is 9.99. The van der Waals surface area contributed by atoms with Gasteiger partial charge in [-0.15, -0.1) is 0 Å². The van der Waals surface area contributed by atoms with Crippen LogP contribution in [0.4, 0.5) is 13.2 Å². The highest BCUT2D eigenvalue weighted by atomic mass is 32.2. The maximum absolute atomic E-state index is 12.7. The molecule has 1 saturated heterocycles. The van der Waals surface area contributed by atoms with Crippen LogP contribution in [0.2, 0.25) is 0 Å². The molecule has 2 rings (SSSR count). The third kappa shape index (κ3) is 5.16. The summed E-state index contributed by atoms with van der Waals surface area (Å²) in [4.78, 5) is 11.7. The molecule has 0 spiro atoms. The summed E-state index contributed by atoms with van der Waals surface area (Å²) in [5, 5.41) is 1.72. The summed E-state index contributed by atoms with van der Waals surface area (Å²) >= 11 is 0. The SMILES string of the molecule is NCC1CCN(S(=O)(=O)c2cccc(C(=O)NCC(F)(F)F)c2)CC1. The van der Waals surface area contributed by atoms with Gasteiger partial charge in [0.15, 0.2) is 0 Å². The van der Waals surface area contributed by atoms with Crippen molar-refractivity contribution in [1.29, 1.82) is 0 Å². The monoisotopic (exact) mass is 379 g/mol. The number of rotatable bonds is 5. The van der Waals surface area contributed by atoms with Gasteiger partial charge in [0.1, 0.15) is 6.54 Å². The van der Waals surface area contributed by atoms with E-state index in [0.717, 1.165) is 6.07 Å². The quantitative estimate of drug-likeness (QED) is 0.808. The van der Waals surface area contributed by atoms with Crippen molar-refractivity contribution < 1.29 is 26.4 Å². The lowest BCUT2D eigenvalue weighted by Crippen LogP contribution is -2.40. The zero-order chi connectivity index (χ0) is 18.7. The molecule has 0 bridgehead atoms. The van der Waals surface area contributed by atoms with Gasteiger partial charge >= 0.3 is 6.18 Å². The van der Waals surface area contributed by atoms with Gasteiger partial charge in [-0.2, -0.15) is 17.5 Å². The van der Waals surface area contributed by atoms with Crippen molar-refractivity contribution in [3.8, 4) is 0 Å². The summed E-state index contributed by atoms with van der Waals surface area (Å²) in [6.07, 6.45) is -3.23. The standard InChI is InChI=1S/C15H20F3N3O3S/c16-15(17,18)10-20-14(22)12-2-1-3-13(8-12)25(23,24)21-6-4-11(9-19)5-7-21/h1-3,8,11H,4-7,9-10,19H2,(H,20,22). The predicted octanol–water partition coefficient (Wildman–Crippen LogP) is 1.34. The van der Waals surface area contributed by atoms with E-state index in [1.54, 1.807) is 5.32 Å². The van der Waals surface area contributed by atoms with E-state index in [4.69, 9.17) is 5.73 Å². The lowest BCUT2D eigenvalue weighted by molar-refractivity contribution is -0.123. The molecular formula is C15H20F3N3O3S. The van der Waals surface area contributed by atoms with Gasteiger partial charge in [0.25, 0.3) is 5.91 Å². The van der Waals surface area contributed by atoms with Gasteiger partial charge in [0, 0.05) is 18.7 Å². The van der Waals surface area contributed by atoms with Gasteiger partial charge in [0.2, 0.25) is 10.0 Å². The van der Waals surface area contributed by atoms with Crippen LogP contribution >= 0.6 is 0 Å². The number of nitrogens with one attached hydrogen (secondary N) is 1. The Hall–Kier alpha value is -1.65. The molecule has 1 fully saturated rings. The van der Waals surface area contributed by atoms with E-state index in [1.807, 2.05) is 0 Å². The Morgan fingerprint density at radius 1 is 1.28 bits per heavy atom. The number of sulfonamides is 1. The van der Waals surface area contributed by atoms with Crippen molar-refractivity contribution in [2.75, 3.05) is 26.2 Å². The summed E-state index contributed by atoms with van der Waals surface area (Å²) in [5.74, 6) is -0.692. The van der Waals surface area contributed by atoms with Crippen LogP contribution in [0.15, 0.2) is 29.2 Å². The number of amides is 1. The second kappa shape index (κ2) is 7.71. The highest BCUT2D eigenvalue weighted by Gasteiger charge is 2.30. The van der Waals surface area contributed by atoms with E-state index >= 15 is 0 Å². The first-order valence-corrected chi connectivity index (χ1v) is 9.23. The second-order valence-electron chi connectivity index (χ2n) is 5.91. The molecule has 1 amide bonds. The number of piperidine rings is 1. The van der Waals surface area contributed by atoms with Crippen LogP contribution in [0.25, 0.3) is 0 Å². The van der Waals surface area contributed by atoms with Gasteiger partial charge in [-0.3, -0.25) is 4.79 Å². The van der Waals surface area contributed by atoms with Crippen LogP contribution in [0.5, 0.6) is 0 Å². The Kier molecular flexibility index (Phi) is 6.07. The summed E-state index contributed by atoms with van der Waals surface area (Å²) < 4.78 is 63.2. The highest BCUT2D eigenvalue weighted by molar-refractivity contribution is 7.89. The maximum Gasteiger partial charge on any atom is 0.405 e. The van der Waals surface area contributed by atoms with Crippen LogP contribution in [0, 0.1) is 5.92 Å². The molecular weight excluding hydrogens is 359 g/mol. The first-order chi connectivity index (χ1) is 11.6. The van der Waals surface area contributed by atoms with Gasteiger partial charge in [-0.05, 0) is 43.5 Å². The summed E-state index contributed by atoms with van der Waals surface area (Å²) in [7, 11) is -3.80. The van der Waals surface area contributed by atoms with Crippen molar-refractivity contribution >= 4 is 15.9 Å². The van der Waals surface area contributed by atoms with Gasteiger partial charge in [-0.25, -0.2) is 8.42 Å². The molecule has 6 nitrogen and oxygen atoms in total. The van der Waals surface area contributed by atoms with E-state index < -0.39 is 28.7 Å². The minimum absolute atomic E-state index is 0.113. The number of nitrogens with two attached hydrogens (primary N) is 1. The predicted molar refractivity (Wildman–Crippen MR) is 85.4 cm³/mol. The Labute approximate surface area is 144 Å². The minimum atomic E-state index is -4.54. The Morgan fingerprint density at radius 2 is 1.92 bits per heavy atom. The molecule has 0 aromatic heterocycles. The molecule has 10 heteroatoms. The van der Waals surface area contributed by atoms with Crippen molar-refractivity contribution in [3.63, 3.8) is 0 Å². The van der Waals surface area contributed by atoms with E-state index in [0.29, 0.717) is 32.5 Å². The third-order valence-electron chi connectivity index (χ3n) is 4.09. The topological polar surface area (TPSA) is 92.5 Å². The number of benzene rings is 1. The largest absolute Gasteiger partial charge is 0.405 e. The molecule has 0 atom stereocenters. The molecule has 1 aliphatic rings. The molecule has 3 N–H and O–H groups in total. The highest BCUT2D eigenvalue weighted by Crippen LogP contribution is 2.24. The molecule has 1 aromatic rings. The van der Waals surface area contributed by atoms with Crippen molar-refractivity contribution in [2.24, 2.45) is 11.7 Å². The molecule has 140 valence electrons. The van der Waals surface area contributed by atoms with E-state index in [9.17, 15) is 26.4 Å². The van der Waals surface area contributed by atoms with E-state index in [-0.39, 0.29) is 16.4 Å². The van der Waals surface area contributed by atoms with E-state index in [2.05, 4.69) is 0 Å². The molecule has 1 heterocycles. The number of nitrogens with zero attached hydrogens (tertiary/aromatic N) is 1. The van der Waals surface area contributed by atoms with Crippen molar-refractivity contribution in [1.82, 2.24) is 9.62 Å². The van der Waals surface area contributed by atoms with Gasteiger partial charge < -0.3 is 11.1 Å². The average Bonchev–Trinajstić information content (AvgIpc) is 2.59. The first kappa shape index (κ1) is 19.7. The Bertz CT molecular complexity index is 714. The van der Waals surface area contributed by atoms with Crippen molar-refractivity contribution in [2.45, 2.75) is 23.9 Å². The minimum Gasteiger partial charge on any atom is -0.343 e. The number of hydrogen-bond donors (Lipinski definition) is 2. The van der Waals surface area contributed by atoms with Crippen LogP contribution < -0.4 is 11.1 Å². The number of carbonyl (C=O) groups excluding carboxylic acids is 1. The van der Waals surface area contributed by atoms with Gasteiger partial charge in [-0.1, -0.05) is 6.07 Å². The lowest BCUT2D eigenvalue weighted by Gasteiger charge is -2.30. The number of alkyl halides is 3. The number of carbonyl (C=O) groups is 1. The molecule has 0 unspecified atom stereocenters. The second-order valence-corrected chi connectivity index (χ2v) is 7.85. The number of halogens is 3. The molecule has 25 heavy (non-hydrogen) atoms. The maximum atomic E-state index is 12.7. The van der Waals surface area contributed by atoms with Crippen molar-refractivity contribution in [3.05, 3.63) is 29.8 Å². The van der Waals surface area contributed by atoms with Crippen LogP contribution in [-0.2, 0) is 10.0 Å². The van der Waals surface area contributed by atoms with Crippen LogP contribution in [-0.4, -0.2) is 51.0 Å². The Balaban J connectivity index is 2.13. The molecule has 0 radical (unpaired) electrons. The van der Waals surface area contributed by atoms with Crippen LogP contribution in [0.3, 0.4) is 0 Å². The summed E-state index contributed by atoms with van der Waals surface area (Å²) in [6, 6.07) is 5.02. The zero-order valence-corrected chi connectivity index (χ0v) is 14.2. The summed E-state index contributed by atoms with van der Waals surface area (Å²) in [5.41, 5.74) is 5.45.